The number of hydrogen-bond acceptors (Lipinski definition) is 5. The van der Waals surface area contributed by atoms with Gasteiger partial charge < -0.3 is 25.7 Å². The average molecular weight is 419 g/mol. The largest absolute Gasteiger partial charge is 0.481 e. The van der Waals surface area contributed by atoms with Crippen molar-refractivity contribution in [3.63, 3.8) is 0 Å². The van der Waals surface area contributed by atoms with Crippen molar-refractivity contribution >= 4 is 18.9 Å². The molecule has 0 aromatic rings. The highest BCUT2D eigenvalue weighted by molar-refractivity contribution is 6.48. The lowest BCUT2D eigenvalue weighted by molar-refractivity contribution is -0.127. The van der Waals surface area contributed by atoms with Crippen molar-refractivity contribution in [3.05, 3.63) is 23.8 Å². The zero-order chi connectivity index (χ0) is 22.4. The van der Waals surface area contributed by atoms with Gasteiger partial charge in [-0.05, 0) is 66.7 Å². The maximum Gasteiger partial charge on any atom is 0.481 e. The third kappa shape index (κ3) is 6.69. The lowest BCUT2D eigenvalue weighted by Gasteiger charge is -2.32. The van der Waals surface area contributed by atoms with Crippen LogP contribution in [-0.4, -0.2) is 48.7 Å². The number of nitrogens with two attached hydrogens (primary N) is 1. The van der Waals surface area contributed by atoms with E-state index in [1.54, 1.807) is 0 Å². The van der Waals surface area contributed by atoms with Crippen LogP contribution in [-0.2, 0) is 18.9 Å². The van der Waals surface area contributed by atoms with Gasteiger partial charge in [-0.25, -0.2) is 0 Å². The Bertz CT molecular complexity index is 659. The van der Waals surface area contributed by atoms with Gasteiger partial charge in [0.25, 0.3) is 0 Å². The van der Waals surface area contributed by atoms with Crippen molar-refractivity contribution < 1.29 is 18.9 Å². The number of nitrogens with one attached hydrogen (secondary N) is 2. The molecule has 2 atom stereocenters. The molecule has 1 saturated heterocycles. The summed E-state index contributed by atoms with van der Waals surface area (Å²) < 4.78 is 12.4. The van der Waals surface area contributed by atoms with Crippen LogP contribution in [0, 0.1) is 0 Å². The normalized spacial score (nSPS) is 21.7. The number of carbonyl (C=O) groups excluding carboxylic acids is 2. The van der Waals surface area contributed by atoms with E-state index in [4.69, 9.17) is 15.0 Å². The van der Waals surface area contributed by atoms with Gasteiger partial charge in [-0.2, -0.15) is 0 Å². The van der Waals surface area contributed by atoms with E-state index in [0.717, 1.165) is 25.7 Å². The molecule has 1 heterocycles. The summed E-state index contributed by atoms with van der Waals surface area (Å²) in [5.74, 6) is -0.937. The number of allylic oxidation sites excluding steroid dienone is 4. The first-order valence-electron chi connectivity index (χ1n) is 11.1. The molecule has 4 N–H and O–H groups in total. The molecular weight excluding hydrogens is 381 g/mol. The summed E-state index contributed by atoms with van der Waals surface area (Å²) in [7, 11) is -0.563. The highest BCUT2D eigenvalue weighted by atomic mass is 16.7. The molecule has 1 aliphatic heterocycles. The van der Waals surface area contributed by atoms with Gasteiger partial charge in [0.2, 0.25) is 11.8 Å². The lowest BCUT2D eigenvalue weighted by atomic mass is 9.75. The third-order valence-electron chi connectivity index (χ3n) is 6.10. The maximum atomic E-state index is 12.7. The summed E-state index contributed by atoms with van der Waals surface area (Å²) in [4.78, 5) is 24.5. The Kier molecular flexibility index (Phi) is 8.70. The Morgan fingerprint density at radius 1 is 1.20 bits per heavy atom. The monoisotopic (exact) mass is 419 g/mol. The van der Waals surface area contributed by atoms with Crippen LogP contribution in [0.3, 0.4) is 0 Å². The van der Waals surface area contributed by atoms with Crippen molar-refractivity contribution in [2.24, 2.45) is 5.73 Å². The summed E-state index contributed by atoms with van der Waals surface area (Å²) in [5, 5.41) is 5.66. The quantitative estimate of drug-likeness (QED) is 0.472. The summed E-state index contributed by atoms with van der Waals surface area (Å²) in [6.45, 7) is 10.3. The van der Waals surface area contributed by atoms with Gasteiger partial charge in [0.05, 0.1) is 29.6 Å². The van der Waals surface area contributed by atoms with E-state index >= 15 is 0 Å². The minimum Gasteiger partial charge on any atom is -0.402 e. The second-order valence-corrected chi connectivity index (χ2v) is 9.15. The molecule has 0 radical (unpaired) electrons. The molecule has 1 aliphatic carbocycles. The first kappa shape index (κ1) is 24.6. The van der Waals surface area contributed by atoms with Crippen molar-refractivity contribution in [1.29, 1.82) is 0 Å². The van der Waals surface area contributed by atoms with Crippen LogP contribution >= 0.6 is 0 Å². The second-order valence-electron chi connectivity index (χ2n) is 9.15. The van der Waals surface area contributed by atoms with Crippen LogP contribution in [0.2, 0.25) is 0 Å². The first-order valence-corrected chi connectivity index (χ1v) is 11.1. The van der Waals surface area contributed by atoms with Gasteiger partial charge in [0.1, 0.15) is 0 Å². The van der Waals surface area contributed by atoms with Crippen molar-refractivity contribution in [2.45, 2.75) is 96.3 Å². The predicted octanol–water partition coefficient (Wildman–Crippen LogP) is 2.40. The van der Waals surface area contributed by atoms with Gasteiger partial charge in [-0.3, -0.25) is 9.59 Å². The summed E-state index contributed by atoms with van der Waals surface area (Å²) in [5.41, 5.74) is 6.33. The predicted molar refractivity (Wildman–Crippen MR) is 120 cm³/mol. The molecule has 0 saturated carbocycles. The highest BCUT2D eigenvalue weighted by Gasteiger charge is 2.54. The van der Waals surface area contributed by atoms with Crippen LogP contribution in [0.4, 0.5) is 0 Å². The van der Waals surface area contributed by atoms with Crippen LogP contribution in [0.1, 0.15) is 73.1 Å². The van der Waals surface area contributed by atoms with E-state index in [1.165, 1.54) is 5.57 Å². The molecule has 168 valence electrons. The van der Waals surface area contributed by atoms with E-state index in [2.05, 4.69) is 28.9 Å². The molecule has 2 unspecified atom stereocenters. The molecule has 0 aromatic heterocycles. The van der Waals surface area contributed by atoms with Crippen LogP contribution in [0.15, 0.2) is 23.8 Å². The number of rotatable bonds is 10. The van der Waals surface area contributed by atoms with E-state index in [-0.39, 0.29) is 24.2 Å². The molecule has 7 nitrogen and oxygen atoms in total. The summed E-state index contributed by atoms with van der Waals surface area (Å²) >= 11 is 0. The van der Waals surface area contributed by atoms with Gasteiger partial charge in [-0.1, -0.05) is 23.8 Å². The molecule has 2 amide bonds. The van der Waals surface area contributed by atoms with Gasteiger partial charge in [0, 0.05) is 6.54 Å². The van der Waals surface area contributed by atoms with Crippen LogP contribution in [0.5, 0.6) is 0 Å². The third-order valence-corrected chi connectivity index (χ3v) is 6.10. The van der Waals surface area contributed by atoms with Gasteiger partial charge >= 0.3 is 7.12 Å². The molecule has 8 heteroatoms. The van der Waals surface area contributed by atoms with Gasteiger partial charge in [-0.15, -0.1) is 0 Å². The van der Waals surface area contributed by atoms with Gasteiger partial charge in [0.15, 0.2) is 0 Å². The molecular formula is C22H38BN3O4. The van der Waals surface area contributed by atoms with E-state index in [0.29, 0.717) is 13.0 Å². The van der Waals surface area contributed by atoms with E-state index in [9.17, 15) is 9.59 Å². The number of carbonyl (C=O) groups is 2. The Morgan fingerprint density at radius 2 is 1.87 bits per heavy atom. The molecule has 30 heavy (non-hydrogen) atoms. The SMILES string of the molecule is CCNC(=O)CC(N)C(=O)NC(CCCC1=CCCC=C1)B1OC(C)(C)C(C)(C)O1. The summed E-state index contributed by atoms with van der Waals surface area (Å²) in [6.07, 6.45) is 11.3. The number of amides is 2. The Labute approximate surface area is 181 Å². The fourth-order valence-corrected chi connectivity index (χ4v) is 3.56. The topological polar surface area (TPSA) is 103 Å². The fourth-order valence-electron chi connectivity index (χ4n) is 3.56. The molecule has 0 spiro atoms. The van der Waals surface area contributed by atoms with Crippen LogP contribution in [0.25, 0.3) is 0 Å². The first-order chi connectivity index (χ1) is 14.1. The second kappa shape index (κ2) is 10.6. The minimum atomic E-state index is -0.912. The average Bonchev–Trinajstić information content (AvgIpc) is 2.89. The van der Waals surface area contributed by atoms with E-state index < -0.39 is 24.4 Å². The van der Waals surface area contributed by atoms with Crippen molar-refractivity contribution in [3.8, 4) is 0 Å². The Balaban J connectivity index is 2.01. The zero-order valence-corrected chi connectivity index (χ0v) is 19.1. The smallest absolute Gasteiger partial charge is 0.402 e. The minimum absolute atomic E-state index is 0.0482. The van der Waals surface area contributed by atoms with E-state index in [1.807, 2.05) is 34.6 Å². The molecule has 0 bridgehead atoms. The van der Waals surface area contributed by atoms with Crippen molar-refractivity contribution in [1.82, 2.24) is 10.6 Å². The summed E-state index contributed by atoms with van der Waals surface area (Å²) in [6, 6.07) is -0.912. The molecule has 2 rings (SSSR count). The van der Waals surface area contributed by atoms with Crippen molar-refractivity contribution in [2.75, 3.05) is 6.54 Å². The Morgan fingerprint density at radius 3 is 2.43 bits per heavy atom. The molecule has 2 aliphatic rings. The maximum absolute atomic E-state index is 12.7. The molecule has 1 fully saturated rings. The highest BCUT2D eigenvalue weighted by Crippen LogP contribution is 2.38. The lowest BCUT2D eigenvalue weighted by Crippen LogP contribution is -2.53. The van der Waals surface area contributed by atoms with Crippen LogP contribution < -0.4 is 16.4 Å². The Hall–Kier alpha value is -1.64. The number of hydrogen-bond donors (Lipinski definition) is 3. The fraction of sp³-hybridized carbons (Fsp3) is 0.727. The standard InChI is InChI=1S/C22H38BN3O4/c1-6-25-19(27)15-17(24)20(28)26-18(14-10-13-16-11-8-7-9-12-16)23-29-21(2,3)22(4,5)30-23/h8,11-12,17-18H,6-7,9-10,13-15,24H2,1-5H3,(H,25,27)(H,26,28). The molecule has 0 aromatic carbocycles. The zero-order valence-electron chi connectivity index (χ0n) is 19.1.